The molecule has 0 saturated carbocycles. The second-order valence-corrected chi connectivity index (χ2v) is 9.33. The Morgan fingerprint density at radius 2 is 1.84 bits per heavy atom. The van der Waals surface area contributed by atoms with Crippen molar-refractivity contribution in [1.82, 2.24) is 0 Å². The van der Waals surface area contributed by atoms with E-state index in [9.17, 15) is 20.1 Å². The summed E-state index contributed by atoms with van der Waals surface area (Å²) < 4.78 is 12.2. The van der Waals surface area contributed by atoms with Crippen LogP contribution in [0.5, 0.6) is 17.2 Å². The number of rotatable bonds is 4. The maximum absolute atomic E-state index is 12.7. The lowest BCUT2D eigenvalue weighted by Crippen LogP contribution is -2.41. The number of fused-ring (bicyclic) bond motifs is 2. The first kappa shape index (κ1) is 22.0. The zero-order chi connectivity index (χ0) is 23.4. The van der Waals surface area contributed by atoms with E-state index in [4.69, 9.17) is 9.15 Å². The number of benzene rings is 2. The highest BCUT2D eigenvalue weighted by Crippen LogP contribution is 2.46. The molecule has 3 aromatic rings. The van der Waals surface area contributed by atoms with Crippen molar-refractivity contribution in [2.24, 2.45) is 0 Å². The topological polar surface area (TPSA) is 100 Å². The maximum atomic E-state index is 12.7. The van der Waals surface area contributed by atoms with E-state index in [1.165, 1.54) is 12.1 Å². The van der Waals surface area contributed by atoms with Gasteiger partial charge in [-0.1, -0.05) is 18.6 Å². The van der Waals surface area contributed by atoms with Crippen LogP contribution in [0.3, 0.4) is 0 Å². The summed E-state index contributed by atoms with van der Waals surface area (Å²) in [6, 6.07) is 7.61. The Hall–Kier alpha value is -3.25. The molecule has 0 amide bonds. The molecule has 0 bridgehead atoms. The third-order valence-electron chi connectivity index (χ3n) is 5.89. The minimum absolute atomic E-state index is 0.0243. The highest BCUT2D eigenvalue weighted by Gasteiger charge is 2.42. The van der Waals surface area contributed by atoms with Crippen LogP contribution >= 0.6 is 0 Å². The largest absolute Gasteiger partial charge is 0.508 e. The van der Waals surface area contributed by atoms with Crippen molar-refractivity contribution < 1.29 is 24.5 Å². The zero-order valence-electron chi connectivity index (χ0n) is 18.9. The molecule has 0 aliphatic carbocycles. The molecular formula is C26H28O6. The summed E-state index contributed by atoms with van der Waals surface area (Å²) in [5, 5.41) is 30.5. The lowest BCUT2D eigenvalue weighted by atomic mass is 9.86. The molecule has 0 saturated heterocycles. The van der Waals surface area contributed by atoms with E-state index < -0.39 is 17.1 Å². The van der Waals surface area contributed by atoms with Gasteiger partial charge < -0.3 is 24.5 Å². The van der Waals surface area contributed by atoms with E-state index in [0.29, 0.717) is 17.7 Å². The zero-order valence-corrected chi connectivity index (χ0v) is 18.9. The Bertz CT molecular complexity index is 1290. The average Bonchev–Trinajstić information content (AvgIpc) is 3.02. The van der Waals surface area contributed by atoms with Gasteiger partial charge in [-0.2, -0.15) is 0 Å². The van der Waals surface area contributed by atoms with Gasteiger partial charge >= 0.3 is 0 Å². The number of aromatic hydroxyl groups is 2. The fourth-order valence-electron chi connectivity index (χ4n) is 4.35. The number of ether oxygens (including phenoxy) is 1. The molecule has 3 N–H and O–H groups in total. The SMILES string of the molecule is CC(C)=CCc1cc(-c2cc(=O)c3c(O)cc(O)cc3o2)cc2c1OC(C(C)(C)O)C2C. The van der Waals surface area contributed by atoms with Gasteiger partial charge in [0.15, 0.2) is 5.43 Å². The summed E-state index contributed by atoms with van der Waals surface area (Å²) in [7, 11) is 0. The molecule has 1 aromatic heterocycles. The van der Waals surface area contributed by atoms with Crippen LogP contribution in [0.25, 0.3) is 22.3 Å². The number of allylic oxidation sites excluding steroid dienone is 2. The van der Waals surface area contributed by atoms with E-state index in [2.05, 4.69) is 6.08 Å². The Balaban J connectivity index is 1.92. The molecule has 2 atom stereocenters. The fraction of sp³-hybridized carbons (Fsp3) is 0.346. The lowest BCUT2D eigenvalue weighted by molar-refractivity contribution is -0.0324. The van der Waals surface area contributed by atoms with Crippen LogP contribution in [-0.4, -0.2) is 27.0 Å². The fourth-order valence-corrected chi connectivity index (χ4v) is 4.35. The third kappa shape index (κ3) is 3.86. The molecule has 6 nitrogen and oxygen atoms in total. The molecule has 32 heavy (non-hydrogen) atoms. The highest BCUT2D eigenvalue weighted by molar-refractivity contribution is 5.86. The molecule has 2 aromatic carbocycles. The van der Waals surface area contributed by atoms with Crippen LogP contribution in [0, 0.1) is 0 Å². The smallest absolute Gasteiger partial charge is 0.197 e. The van der Waals surface area contributed by atoms with Crippen LogP contribution in [0.15, 0.2) is 51.2 Å². The lowest BCUT2D eigenvalue weighted by Gasteiger charge is -2.28. The molecule has 2 heterocycles. The molecule has 6 heteroatoms. The van der Waals surface area contributed by atoms with Crippen molar-refractivity contribution in [2.75, 3.05) is 0 Å². The summed E-state index contributed by atoms with van der Waals surface area (Å²) in [5.41, 5.74) is 2.40. The van der Waals surface area contributed by atoms with Crippen molar-refractivity contribution >= 4 is 11.0 Å². The van der Waals surface area contributed by atoms with E-state index in [-0.39, 0.29) is 28.4 Å². The summed E-state index contributed by atoms with van der Waals surface area (Å²) in [6.45, 7) is 9.52. The van der Waals surface area contributed by atoms with E-state index in [1.54, 1.807) is 13.8 Å². The number of phenolic OH excluding ortho intramolecular Hbond substituents is 2. The van der Waals surface area contributed by atoms with Gasteiger partial charge in [0.05, 0.1) is 5.60 Å². The Morgan fingerprint density at radius 1 is 1.12 bits per heavy atom. The van der Waals surface area contributed by atoms with Gasteiger partial charge in [0.1, 0.15) is 40.1 Å². The highest BCUT2D eigenvalue weighted by atomic mass is 16.5. The molecule has 1 aliphatic heterocycles. The Kier molecular flexibility index (Phi) is 5.29. The predicted octanol–water partition coefficient (Wildman–Crippen LogP) is 5.02. The molecule has 0 fully saturated rings. The molecule has 0 spiro atoms. The van der Waals surface area contributed by atoms with Gasteiger partial charge in [-0.3, -0.25) is 4.79 Å². The minimum Gasteiger partial charge on any atom is -0.508 e. The monoisotopic (exact) mass is 436 g/mol. The summed E-state index contributed by atoms with van der Waals surface area (Å²) in [5.74, 6) is 0.490. The van der Waals surface area contributed by atoms with Crippen LogP contribution < -0.4 is 10.2 Å². The first-order valence-corrected chi connectivity index (χ1v) is 10.6. The van der Waals surface area contributed by atoms with Crippen molar-refractivity contribution in [2.45, 2.75) is 58.7 Å². The summed E-state index contributed by atoms with van der Waals surface area (Å²) >= 11 is 0. The van der Waals surface area contributed by atoms with Gasteiger partial charge in [0, 0.05) is 35.2 Å². The van der Waals surface area contributed by atoms with E-state index in [1.807, 2.05) is 32.9 Å². The van der Waals surface area contributed by atoms with Gasteiger partial charge in [-0.05, 0) is 51.8 Å². The Labute approximate surface area is 186 Å². The Morgan fingerprint density at radius 3 is 2.50 bits per heavy atom. The molecular weight excluding hydrogens is 408 g/mol. The predicted molar refractivity (Wildman–Crippen MR) is 124 cm³/mol. The third-order valence-corrected chi connectivity index (χ3v) is 5.89. The van der Waals surface area contributed by atoms with Crippen LogP contribution in [0.4, 0.5) is 0 Å². The quantitative estimate of drug-likeness (QED) is 0.497. The first-order valence-electron chi connectivity index (χ1n) is 10.6. The van der Waals surface area contributed by atoms with Crippen molar-refractivity contribution in [1.29, 1.82) is 0 Å². The number of aliphatic hydroxyl groups is 1. The molecule has 4 rings (SSSR count). The minimum atomic E-state index is -1.03. The normalized spacial score (nSPS) is 17.8. The standard InChI is InChI=1S/C26H28O6/c1-13(2)6-7-15-8-16(9-18-14(3)25(26(4,5)30)32-24(15)18)21-12-20(29)23-19(28)10-17(27)11-22(23)31-21/h6,8-12,14,25,27-28,30H,7H2,1-5H3. The number of hydrogen-bond acceptors (Lipinski definition) is 6. The molecule has 2 unspecified atom stereocenters. The second kappa shape index (κ2) is 7.71. The summed E-state index contributed by atoms with van der Waals surface area (Å²) in [4.78, 5) is 12.7. The van der Waals surface area contributed by atoms with Crippen molar-refractivity contribution in [3.63, 3.8) is 0 Å². The average molecular weight is 437 g/mol. The van der Waals surface area contributed by atoms with Crippen LogP contribution in [-0.2, 0) is 6.42 Å². The van der Waals surface area contributed by atoms with Crippen LogP contribution in [0.1, 0.15) is 51.7 Å². The molecule has 0 radical (unpaired) electrons. The molecule has 168 valence electrons. The number of hydrogen-bond donors (Lipinski definition) is 3. The van der Waals surface area contributed by atoms with Crippen molar-refractivity contribution in [3.05, 3.63) is 63.3 Å². The summed E-state index contributed by atoms with van der Waals surface area (Å²) in [6.07, 6.45) is 2.32. The number of phenols is 2. The van der Waals surface area contributed by atoms with Gasteiger partial charge in [0.25, 0.3) is 0 Å². The van der Waals surface area contributed by atoms with E-state index >= 15 is 0 Å². The first-order chi connectivity index (χ1) is 15.0. The second-order valence-electron chi connectivity index (χ2n) is 9.33. The van der Waals surface area contributed by atoms with Crippen LogP contribution in [0.2, 0.25) is 0 Å². The van der Waals surface area contributed by atoms with Gasteiger partial charge in [0.2, 0.25) is 0 Å². The van der Waals surface area contributed by atoms with Crippen molar-refractivity contribution in [3.8, 4) is 28.6 Å². The van der Waals surface area contributed by atoms with Gasteiger partial charge in [-0.25, -0.2) is 0 Å². The maximum Gasteiger partial charge on any atom is 0.197 e. The van der Waals surface area contributed by atoms with E-state index in [0.717, 1.165) is 28.5 Å². The van der Waals surface area contributed by atoms with Gasteiger partial charge in [-0.15, -0.1) is 0 Å². The molecule has 1 aliphatic rings.